The summed E-state index contributed by atoms with van der Waals surface area (Å²) in [6, 6.07) is 1.22. The fraction of sp³-hybridized carbons (Fsp3) is 0.929. The third kappa shape index (κ3) is 1.81. The Hall–Kier alpha value is -0.370. The standard InChI is InChI=1S/C14H23NO/c1-2-5-14(6-7-14)10-15-11-3-4-12(15)9-13(16)8-11/h11-12H,2-10H2,1H3. The van der Waals surface area contributed by atoms with Gasteiger partial charge in [0.2, 0.25) is 0 Å². The van der Waals surface area contributed by atoms with Crippen LogP contribution in [-0.2, 0) is 4.79 Å². The number of carbonyl (C=O) groups excluding carboxylic acids is 1. The number of carbonyl (C=O) groups is 1. The predicted octanol–water partition coefficient (Wildman–Crippen LogP) is 2.76. The van der Waals surface area contributed by atoms with Gasteiger partial charge in [0.25, 0.3) is 0 Å². The minimum atomic E-state index is 0.518. The Morgan fingerprint density at radius 1 is 1.25 bits per heavy atom. The smallest absolute Gasteiger partial charge is 0.136 e. The number of fused-ring (bicyclic) bond motifs is 2. The van der Waals surface area contributed by atoms with Crippen molar-refractivity contribution in [1.82, 2.24) is 4.90 Å². The van der Waals surface area contributed by atoms with E-state index in [0.717, 1.165) is 12.8 Å². The number of hydrogen-bond donors (Lipinski definition) is 0. The summed E-state index contributed by atoms with van der Waals surface area (Å²) in [4.78, 5) is 14.2. The van der Waals surface area contributed by atoms with Gasteiger partial charge in [-0.25, -0.2) is 0 Å². The van der Waals surface area contributed by atoms with Crippen molar-refractivity contribution in [3.8, 4) is 0 Å². The van der Waals surface area contributed by atoms with Crippen LogP contribution in [0.2, 0.25) is 0 Å². The van der Waals surface area contributed by atoms with E-state index in [-0.39, 0.29) is 0 Å². The molecule has 2 saturated heterocycles. The molecule has 0 aromatic heterocycles. The van der Waals surface area contributed by atoms with Crippen LogP contribution in [-0.4, -0.2) is 29.3 Å². The van der Waals surface area contributed by atoms with E-state index in [4.69, 9.17) is 0 Å². The lowest BCUT2D eigenvalue weighted by Crippen LogP contribution is -2.45. The molecule has 90 valence electrons. The van der Waals surface area contributed by atoms with Crippen molar-refractivity contribution >= 4 is 5.78 Å². The van der Waals surface area contributed by atoms with Crippen molar-refractivity contribution in [2.45, 2.75) is 70.4 Å². The summed E-state index contributed by atoms with van der Waals surface area (Å²) < 4.78 is 0. The SMILES string of the molecule is CCCC1(CN2C3CCC2CC(=O)C3)CC1. The largest absolute Gasteiger partial charge is 0.300 e. The number of rotatable bonds is 4. The van der Waals surface area contributed by atoms with Crippen LogP contribution in [0, 0.1) is 5.41 Å². The third-order valence-electron chi connectivity index (χ3n) is 4.95. The maximum absolute atomic E-state index is 11.5. The van der Waals surface area contributed by atoms with Crippen LogP contribution >= 0.6 is 0 Å². The predicted molar refractivity (Wildman–Crippen MR) is 64.3 cm³/mol. The highest BCUT2D eigenvalue weighted by molar-refractivity contribution is 5.80. The summed E-state index contributed by atoms with van der Waals surface area (Å²) in [5.74, 6) is 0.518. The minimum Gasteiger partial charge on any atom is -0.300 e. The molecule has 2 aliphatic heterocycles. The highest BCUT2D eigenvalue weighted by Gasteiger charge is 2.48. The van der Waals surface area contributed by atoms with Gasteiger partial charge in [-0.1, -0.05) is 13.3 Å². The van der Waals surface area contributed by atoms with Crippen LogP contribution < -0.4 is 0 Å². The molecule has 2 nitrogen and oxygen atoms in total. The van der Waals surface area contributed by atoms with E-state index in [9.17, 15) is 4.79 Å². The Bertz CT molecular complexity index is 279. The molecule has 0 amide bonds. The first kappa shape index (κ1) is 10.8. The molecule has 16 heavy (non-hydrogen) atoms. The molecule has 3 aliphatic rings. The van der Waals surface area contributed by atoms with Crippen LogP contribution in [0.5, 0.6) is 0 Å². The Kier molecular flexibility index (Phi) is 2.58. The van der Waals surface area contributed by atoms with Gasteiger partial charge < -0.3 is 0 Å². The van der Waals surface area contributed by atoms with Crippen molar-refractivity contribution in [2.75, 3.05) is 6.54 Å². The van der Waals surface area contributed by atoms with E-state index in [2.05, 4.69) is 11.8 Å². The molecule has 0 aromatic rings. The summed E-state index contributed by atoms with van der Waals surface area (Å²) >= 11 is 0. The summed E-state index contributed by atoms with van der Waals surface area (Å²) in [7, 11) is 0. The van der Waals surface area contributed by atoms with Crippen molar-refractivity contribution in [1.29, 1.82) is 0 Å². The first-order valence-corrected chi connectivity index (χ1v) is 7.00. The Balaban J connectivity index is 1.66. The summed E-state index contributed by atoms with van der Waals surface area (Å²) in [6.45, 7) is 3.60. The quantitative estimate of drug-likeness (QED) is 0.727. The zero-order valence-electron chi connectivity index (χ0n) is 10.4. The van der Waals surface area contributed by atoms with Gasteiger partial charge in [0.15, 0.2) is 0 Å². The molecule has 2 atom stereocenters. The molecule has 2 heteroatoms. The van der Waals surface area contributed by atoms with Gasteiger partial charge in [-0.15, -0.1) is 0 Å². The molecule has 3 fully saturated rings. The van der Waals surface area contributed by atoms with Crippen molar-refractivity contribution in [3.05, 3.63) is 0 Å². The highest BCUT2D eigenvalue weighted by Crippen LogP contribution is 2.52. The van der Waals surface area contributed by atoms with Crippen LogP contribution in [0.4, 0.5) is 0 Å². The Labute approximate surface area is 98.4 Å². The maximum atomic E-state index is 11.5. The van der Waals surface area contributed by atoms with Gasteiger partial charge in [0, 0.05) is 31.5 Å². The van der Waals surface area contributed by atoms with Crippen molar-refractivity contribution in [3.63, 3.8) is 0 Å². The second kappa shape index (κ2) is 3.83. The Morgan fingerprint density at radius 2 is 1.88 bits per heavy atom. The molecular formula is C14H23NO. The number of piperidine rings is 1. The fourth-order valence-corrected chi connectivity index (χ4v) is 3.90. The fourth-order valence-electron chi connectivity index (χ4n) is 3.90. The van der Waals surface area contributed by atoms with E-state index < -0.39 is 0 Å². The monoisotopic (exact) mass is 221 g/mol. The van der Waals surface area contributed by atoms with Gasteiger partial charge in [0.05, 0.1) is 0 Å². The molecule has 1 saturated carbocycles. The number of hydrogen-bond acceptors (Lipinski definition) is 2. The number of nitrogens with zero attached hydrogens (tertiary/aromatic N) is 1. The van der Waals surface area contributed by atoms with Crippen LogP contribution in [0.1, 0.15) is 58.3 Å². The van der Waals surface area contributed by atoms with E-state index in [1.165, 1.54) is 45.1 Å². The zero-order chi connectivity index (χ0) is 11.2. The van der Waals surface area contributed by atoms with Crippen LogP contribution in [0.25, 0.3) is 0 Å². The van der Waals surface area contributed by atoms with Gasteiger partial charge in [-0.2, -0.15) is 0 Å². The molecule has 0 radical (unpaired) electrons. The second-order valence-corrected chi connectivity index (χ2v) is 6.25. The van der Waals surface area contributed by atoms with Gasteiger partial charge in [-0.05, 0) is 37.5 Å². The lowest BCUT2D eigenvalue weighted by Gasteiger charge is -2.36. The molecular weight excluding hydrogens is 198 g/mol. The minimum absolute atomic E-state index is 0.518. The zero-order valence-corrected chi connectivity index (χ0v) is 10.4. The summed E-state index contributed by atoms with van der Waals surface area (Å²) in [5, 5.41) is 0. The molecule has 2 unspecified atom stereocenters. The third-order valence-corrected chi connectivity index (χ3v) is 4.95. The first-order chi connectivity index (χ1) is 7.72. The van der Waals surface area contributed by atoms with E-state index in [1.807, 2.05) is 0 Å². The topological polar surface area (TPSA) is 20.3 Å². The normalized spacial score (nSPS) is 36.7. The van der Waals surface area contributed by atoms with Gasteiger partial charge >= 0.3 is 0 Å². The maximum Gasteiger partial charge on any atom is 0.136 e. The molecule has 0 aromatic carbocycles. The van der Waals surface area contributed by atoms with Crippen molar-refractivity contribution in [2.24, 2.45) is 5.41 Å². The molecule has 1 aliphatic carbocycles. The van der Waals surface area contributed by atoms with Crippen LogP contribution in [0.3, 0.4) is 0 Å². The van der Waals surface area contributed by atoms with E-state index in [0.29, 0.717) is 23.3 Å². The number of ketones is 1. The second-order valence-electron chi connectivity index (χ2n) is 6.25. The van der Waals surface area contributed by atoms with Gasteiger partial charge in [0.1, 0.15) is 5.78 Å². The van der Waals surface area contributed by atoms with E-state index in [1.54, 1.807) is 0 Å². The molecule has 0 spiro atoms. The lowest BCUT2D eigenvalue weighted by atomic mass is 9.95. The molecule has 0 N–H and O–H groups in total. The summed E-state index contributed by atoms with van der Waals surface area (Å²) in [5.41, 5.74) is 0.663. The van der Waals surface area contributed by atoms with Gasteiger partial charge in [-0.3, -0.25) is 9.69 Å². The molecule has 3 rings (SSSR count). The Morgan fingerprint density at radius 3 is 2.38 bits per heavy atom. The summed E-state index contributed by atoms with van der Waals surface area (Å²) in [6.07, 6.45) is 9.84. The van der Waals surface area contributed by atoms with E-state index >= 15 is 0 Å². The number of Topliss-reactive ketones (excluding diaryl/α,β-unsaturated/α-hetero) is 1. The highest BCUT2D eigenvalue weighted by atomic mass is 16.1. The first-order valence-electron chi connectivity index (χ1n) is 7.00. The average molecular weight is 221 g/mol. The lowest BCUT2D eigenvalue weighted by molar-refractivity contribution is -0.123. The van der Waals surface area contributed by atoms with Crippen LogP contribution in [0.15, 0.2) is 0 Å². The molecule has 2 heterocycles. The average Bonchev–Trinajstić information content (AvgIpc) is 2.94. The van der Waals surface area contributed by atoms with Crippen molar-refractivity contribution < 1.29 is 4.79 Å². The molecule has 2 bridgehead atoms.